The molecule has 2 N–H and O–H groups in total. The molecule has 0 saturated heterocycles. The maximum atomic E-state index is 13.2. The second-order valence-electron chi connectivity index (χ2n) is 5.56. The summed E-state index contributed by atoms with van der Waals surface area (Å²) in [5, 5.41) is 5.21. The van der Waals surface area contributed by atoms with Crippen molar-refractivity contribution >= 4 is 29.1 Å². The van der Waals surface area contributed by atoms with E-state index in [1.54, 1.807) is 18.5 Å². The summed E-state index contributed by atoms with van der Waals surface area (Å²) in [4.78, 5) is 32.6. The molecule has 3 aromatic rings. The molecule has 136 valence electrons. The first-order chi connectivity index (χ1) is 13.0. The summed E-state index contributed by atoms with van der Waals surface area (Å²) in [6.07, 6.45) is 4.65. The van der Waals surface area contributed by atoms with Gasteiger partial charge in [0, 0.05) is 36.4 Å². The van der Waals surface area contributed by atoms with Gasteiger partial charge in [0.2, 0.25) is 0 Å². The molecule has 0 saturated carbocycles. The first-order valence-electron chi connectivity index (χ1n) is 7.92. The molecule has 27 heavy (non-hydrogen) atoms. The highest BCUT2D eigenvalue weighted by molar-refractivity contribution is 6.31. The van der Waals surface area contributed by atoms with Crippen molar-refractivity contribution in [2.45, 2.75) is 6.54 Å². The van der Waals surface area contributed by atoms with Crippen molar-refractivity contribution in [1.82, 2.24) is 15.3 Å². The van der Waals surface area contributed by atoms with E-state index >= 15 is 0 Å². The number of carbonyl (C=O) groups is 2. The van der Waals surface area contributed by atoms with Crippen molar-refractivity contribution in [3.05, 3.63) is 88.7 Å². The van der Waals surface area contributed by atoms with Crippen LogP contribution >= 0.6 is 11.6 Å². The van der Waals surface area contributed by atoms with E-state index in [4.69, 9.17) is 11.6 Å². The average molecular weight is 385 g/mol. The number of halogens is 2. The monoisotopic (exact) mass is 384 g/mol. The lowest BCUT2D eigenvalue weighted by molar-refractivity contribution is 0.0946. The number of pyridine rings is 2. The Labute approximate surface area is 159 Å². The smallest absolute Gasteiger partial charge is 0.270 e. The number of carbonyl (C=O) groups excluding carboxylic acids is 2. The first kappa shape index (κ1) is 18.5. The highest BCUT2D eigenvalue weighted by Crippen LogP contribution is 2.20. The molecule has 8 heteroatoms. The van der Waals surface area contributed by atoms with Crippen LogP contribution < -0.4 is 10.6 Å². The molecule has 1 aromatic carbocycles. The fourth-order valence-corrected chi connectivity index (χ4v) is 2.43. The molecule has 0 aliphatic heterocycles. The number of hydrogen-bond acceptors (Lipinski definition) is 4. The van der Waals surface area contributed by atoms with Gasteiger partial charge < -0.3 is 10.6 Å². The van der Waals surface area contributed by atoms with Crippen LogP contribution in [-0.2, 0) is 6.54 Å². The Morgan fingerprint density at radius 1 is 1.07 bits per heavy atom. The van der Waals surface area contributed by atoms with E-state index in [1.807, 2.05) is 6.07 Å². The predicted octanol–water partition coefficient (Wildman–Crippen LogP) is 3.45. The minimum Gasteiger partial charge on any atom is -0.347 e. The number of nitrogens with one attached hydrogen (secondary N) is 2. The number of benzene rings is 1. The molecule has 0 fully saturated rings. The number of amides is 2. The van der Waals surface area contributed by atoms with Gasteiger partial charge in [-0.2, -0.15) is 0 Å². The van der Waals surface area contributed by atoms with E-state index in [1.165, 1.54) is 30.5 Å². The Morgan fingerprint density at radius 2 is 1.93 bits per heavy atom. The van der Waals surface area contributed by atoms with Crippen LogP contribution in [0.4, 0.5) is 10.1 Å². The summed E-state index contributed by atoms with van der Waals surface area (Å²) < 4.78 is 13.2. The van der Waals surface area contributed by atoms with Crippen molar-refractivity contribution < 1.29 is 14.0 Å². The Kier molecular flexibility index (Phi) is 5.73. The third-order valence-electron chi connectivity index (χ3n) is 3.61. The van der Waals surface area contributed by atoms with Gasteiger partial charge in [-0.15, -0.1) is 0 Å². The van der Waals surface area contributed by atoms with Gasteiger partial charge in [-0.25, -0.2) is 4.39 Å². The van der Waals surface area contributed by atoms with Crippen LogP contribution in [0.15, 0.2) is 61.1 Å². The fraction of sp³-hybridized carbons (Fsp3) is 0.0526. The molecule has 2 amide bonds. The van der Waals surface area contributed by atoms with Gasteiger partial charge in [0.15, 0.2) is 0 Å². The zero-order valence-electron chi connectivity index (χ0n) is 13.9. The zero-order chi connectivity index (χ0) is 19.2. The maximum absolute atomic E-state index is 13.2. The van der Waals surface area contributed by atoms with Gasteiger partial charge in [0.05, 0.1) is 5.02 Å². The minimum absolute atomic E-state index is 0.0991. The number of nitrogens with zero attached hydrogens (tertiary/aromatic N) is 2. The SMILES string of the molecule is O=C(Nc1ccc(F)c(Cl)c1)c1ccnc(C(=O)NCc2cccnc2)c1. The topological polar surface area (TPSA) is 84.0 Å². The van der Waals surface area contributed by atoms with Crippen molar-refractivity contribution in [1.29, 1.82) is 0 Å². The Morgan fingerprint density at radius 3 is 2.67 bits per heavy atom. The summed E-state index contributed by atoms with van der Waals surface area (Å²) in [6, 6.07) is 10.3. The lowest BCUT2D eigenvalue weighted by atomic mass is 10.2. The molecular weight excluding hydrogens is 371 g/mol. The maximum Gasteiger partial charge on any atom is 0.270 e. The Bertz CT molecular complexity index is 982. The van der Waals surface area contributed by atoms with E-state index in [0.717, 1.165) is 11.6 Å². The molecule has 0 radical (unpaired) electrons. The molecule has 2 aromatic heterocycles. The third-order valence-corrected chi connectivity index (χ3v) is 3.90. The van der Waals surface area contributed by atoms with Crippen LogP contribution in [0.1, 0.15) is 26.4 Å². The van der Waals surface area contributed by atoms with E-state index < -0.39 is 17.6 Å². The van der Waals surface area contributed by atoms with E-state index in [0.29, 0.717) is 12.2 Å². The largest absolute Gasteiger partial charge is 0.347 e. The Hall–Kier alpha value is -3.32. The highest BCUT2D eigenvalue weighted by Gasteiger charge is 2.13. The molecule has 0 aliphatic carbocycles. The second-order valence-corrected chi connectivity index (χ2v) is 5.96. The van der Waals surface area contributed by atoms with Crippen molar-refractivity contribution in [3.8, 4) is 0 Å². The van der Waals surface area contributed by atoms with Crippen LogP contribution in [0.3, 0.4) is 0 Å². The van der Waals surface area contributed by atoms with E-state index in [-0.39, 0.29) is 16.3 Å². The Balaban J connectivity index is 1.67. The van der Waals surface area contributed by atoms with Gasteiger partial charge in [-0.3, -0.25) is 19.6 Å². The second kappa shape index (κ2) is 8.37. The van der Waals surface area contributed by atoms with Crippen LogP contribution in [0.2, 0.25) is 5.02 Å². The van der Waals surface area contributed by atoms with Gasteiger partial charge >= 0.3 is 0 Å². The molecule has 0 bridgehead atoms. The molecule has 0 aliphatic rings. The van der Waals surface area contributed by atoms with Gasteiger partial charge in [-0.1, -0.05) is 17.7 Å². The van der Waals surface area contributed by atoms with Crippen LogP contribution in [-0.4, -0.2) is 21.8 Å². The molecule has 0 atom stereocenters. The van der Waals surface area contributed by atoms with Crippen molar-refractivity contribution in [3.63, 3.8) is 0 Å². The normalized spacial score (nSPS) is 10.3. The average Bonchev–Trinajstić information content (AvgIpc) is 2.70. The molecule has 0 spiro atoms. The molecule has 6 nitrogen and oxygen atoms in total. The van der Waals surface area contributed by atoms with Crippen LogP contribution in [0, 0.1) is 5.82 Å². The van der Waals surface area contributed by atoms with E-state index in [9.17, 15) is 14.0 Å². The number of rotatable bonds is 5. The standard InChI is InChI=1S/C19H14ClFN4O2/c20-15-9-14(3-4-16(15)21)25-18(26)13-5-7-23-17(8-13)19(27)24-11-12-2-1-6-22-10-12/h1-10H,11H2,(H,24,27)(H,25,26). The van der Waals surface area contributed by atoms with Crippen molar-refractivity contribution in [2.75, 3.05) is 5.32 Å². The number of anilines is 1. The summed E-state index contributed by atoms with van der Waals surface area (Å²) in [5.74, 6) is -1.47. The van der Waals surface area contributed by atoms with Gasteiger partial charge in [0.1, 0.15) is 11.5 Å². The highest BCUT2D eigenvalue weighted by atomic mass is 35.5. The summed E-state index contributed by atoms with van der Waals surface area (Å²) in [6.45, 7) is 0.291. The van der Waals surface area contributed by atoms with Crippen LogP contribution in [0.25, 0.3) is 0 Å². The first-order valence-corrected chi connectivity index (χ1v) is 8.30. The molecule has 3 rings (SSSR count). The quantitative estimate of drug-likeness (QED) is 0.705. The number of aromatic nitrogens is 2. The number of hydrogen-bond donors (Lipinski definition) is 2. The molecule has 0 unspecified atom stereocenters. The lowest BCUT2D eigenvalue weighted by Gasteiger charge is -2.08. The van der Waals surface area contributed by atoms with Gasteiger partial charge in [0.25, 0.3) is 11.8 Å². The fourth-order valence-electron chi connectivity index (χ4n) is 2.25. The zero-order valence-corrected chi connectivity index (χ0v) is 14.7. The van der Waals surface area contributed by atoms with E-state index in [2.05, 4.69) is 20.6 Å². The molecular formula is C19H14ClFN4O2. The minimum atomic E-state index is -0.578. The third kappa shape index (κ3) is 4.86. The van der Waals surface area contributed by atoms with Gasteiger partial charge in [-0.05, 0) is 42.0 Å². The predicted molar refractivity (Wildman–Crippen MR) is 99.0 cm³/mol. The molecule has 2 heterocycles. The van der Waals surface area contributed by atoms with Crippen molar-refractivity contribution in [2.24, 2.45) is 0 Å². The van der Waals surface area contributed by atoms with Crippen LogP contribution in [0.5, 0.6) is 0 Å². The summed E-state index contributed by atoms with van der Waals surface area (Å²) in [5.41, 5.74) is 1.51. The summed E-state index contributed by atoms with van der Waals surface area (Å²) >= 11 is 5.70. The lowest BCUT2D eigenvalue weighted by Crippen LogP contribution is -2.24. The summed E-state index contributed by atoms with van der Waals surface area (Å²) in [7, 11) is 0.